The molecule has 0 amide bonds. The Kier molecular flexibility index (Phi) is 5.89. The fourth-order valence-electron chi connectivity index (χ4n) is 8.24. The van der Waals surface area contributed by atoms with Gasteiger partial charge in [0.15, 0.2) is 0 Å². The molecular weight excluding hydrogens is 396 g/mol. The molecule has 4 fully saturated rings. The van der Waals surface area contributed by atoms with E-state index in [2.05, 4.69) is 13.8 Å². The van der Waals surface area contributed by atoms with E-state index in [-0.39, 0.29) is 53.0 Å². The molecule has 6 heteroatoms. The minimum absolute atomic E-state index is 0.00339. The molecule has 31 heavy (non-hydrogen) atoms. The topological polar surface area (TPSA) is 78.9 Å². The van der Waals surface area contributed by atoms with Crippen molar-refractivity contribution in [2.45, 2.75) is 104 Å². The predicted octanol–water partition coefficient (Wildman–Crippen LogP) is 4.43. The highest BCUT2D eigenvalue weighted by molar-refractivity contribution is 5.67. The highest BCUT2D eigenvalue weighted by Gasteiger charge is 2.62. The van der Waals surface area contributed by atoms with Crippen molar-refractivity contribution in [2.24, 2.45) is 34.5 Å². The zero-order valence-corrected chi connectivity index (χ0v) is 19.6. The second kappa shape index (κ2) is 8.08. The fraction of sp³-hybridized carbons (Fsp3) is 0.880. The van der Waals surface area contributed by atoms with E-state index in [1.54, 1.807) is 0 Å². The molecule has 4 aliphatic rings. The Bertz CT molecular complexity index is 748. The van der Waals surface area contributed by atoms with Gasteiger partial charge in [-0.05, 0) is 80.0 Å². The SMILES string of the molecule is CC(=O)O[C@@H]1CC[C@@]2(C)[C@H](C1)[C@@H](OC(C)=O)C[C@H]1[C@@H]3C[C@@H](OC(C)=O)C[C@@]3(C)CC[C@@H]12. The van der Waals surface area contributed by atoms with E-state index < -0.39 is 0 Å². The van der Waals surface area contributed by atoms with Crippen LogP contribution in [0.3, 0.4) is 0 Å². The number of hydrogen-bond donors (Lipinski definition) is 0. The van der Waals surface area contributed by atoms with E-state index in [9.17, 15) is 14.4 Å². The molecule has 174 valence electrons. The van der Waals surface area contributed by atoms with E-state index in [0.717, 1.165) is 44.9 Å². The van der Waals surface area contributed by atoms with Crippen LogP contribution in [0.1, 0.15) is 86.0 Å². The van der Waals surface area contributed by atoms with Crippen LogP contribution in [-0.4, -0.2) is 36.2 Å². The molecule has 4 aliphatic carbocycles. The first-order chi connectivity index (χ1) is 14.5. The average molecular weight is 435 g/mol. The molecule has 4 rings (SSSR count). The van der Waals surface area contributed by atoms with Gasteiger partial charge in [0.1, 0.15) is 18.3 Å². The normalized spacial score (nSPS) is 46.2. The molecule has 6 nitrogen and oxygen atoms in total. The van der Waals surface area contributed by atoms with Crippen LogP contribution in [0.15, 0.2) is 0 Å². The summed E-state index contributed by atoms with van der Waals surface area (Å²) < 4.78 is 17.2. The summed E-state index contributed by atoms with van der Waals surface area (Å²) in [5.41, 5.74) is 0.251. The van der Waals surface area contributed by atoms with Crippen LogP contribution in [0.4, 0.5) is 0 Å². The highest BCUT2D eigenvalue weighted by Crippen LogP contribution is 2.66. The van der Waals surface area contributed by atoms with Crippen molar-refractivity contribution < 1.29 is 28.6 Å². The lowest BCUT2D eigenvalue weighted by Crippen LogP contribution is -2.58. The molecule has 0 unspecified atom stereocenters. The molecule has 0 aromatic heterocycles. The average Bonchev–Trinajstić information content (AvgIpc) is 2.97. The van der Waals surface area contributed by atoms with E-state index >= 15 is 0 Å². The number of fused-ring (bicyclic) bond motifs is 5. The maximum atomic E-state index is 12.0. The van der Waals surface area contributed by atoms with E-state index in [1.807, 2.05) is 0 Å². The van der Waals surface area contributed by atoms with E-state index in [0.29, 0.717) is 17.8 Å². The number of carbonyl (C=O) groups excluding carboxylic acids is 3. The van der Waals surface area contributed by atoms with E-state index in [1.165, 1.54) is 27.2 Å². The van der Waals surface area contributed by atoms with Gasteiger partial charge < -0.3 is 14.2 Å². The first kappa shape index (κ1) is 22.6. The first-order valence-corrected chi connectivity index (χ1v) is 12.0. The third kappa shape index (κ3) is 4.11. The summed E-state index contributed by atoms with van der Waals surface area (Å²) in [6.45, 7) is 9.21. The third-order valence-corrected chi connectivity index (χ3v) is 9.32. The molecule has 0 heterocycles. The van der Waals surface area contributed by atoms with Gasteiger partial charge in [0, 0.05) is 26.7 Å². The lowest BCUT2D eigenvalue weighted by atomic mass is 9.44. The molecule has 9 atom stereocenters. The quantitative estimate of drug-likeness (QED) is 0.483. The van der Waals surface area contributed by atoms with Crippen LogP contribution in [0.2, 0.25) is 0 Å². The number of esters is 3. The molecule has 0 aliphatic heterocycles. The van der Waals surface area contributed by atoms with Gasteiger partial charge in [-0.25, -0.2) is 0 Å². The molecule has 0 aromatic rings. The van der Waals surface area contributed by atoms with Gasteiger partial charge >= 0.3 is 17.9 Å². The summed E-state index contributed by atoms with van der Waals surface area (Å²) in [5.74, 6) is 1.07. The Balaban J connectivity index is 1.61. The summed E-state index contributed by atoms with van der Waals surface area (Å²) >= 11 is 0. The van der Waals surface area contributed by atoms with Crippen molar-refractivity contribution in [1.29, 1.82) is 0 Å². The number of hydrogen-bond acceptors (Lipinski definition) is 6. The van der Waals surface area contributed by atoms with Crippen molar-refractivity contribution in [2.75, 3.05) is 0 Å². The summed E-state index contributed by atoms with van der Waals surface area (Å²) in [4.78, 5) is 35.2. The minimum atomic E-state index is -0.234. The lowest BCUT2D eigenvalue weighted by molar-refractivity contribution is -0.195. The largest absolute Gasteiger partial charge is 0.463 e. The van der Waals surface area contributed by atoms with Gasteiger partial charge in [0.05, 0.1) is 0 Å². The summed E-state index contributed by atoms with van der Waals surface area (Å²) in [6, 6.07) is 0. The van der Waals surface area contributed by atoms with Gasteiger partial charge in [-0.1, -0.05) is 13.8 Å². The Morgan fingerprint density at radius 1 is 0.710 bits per heavy atom. The first-order valence-electron chi connectivity index (χ1n) is 12.0. The fourth-order valence-corrected chi connectivity index (χ4v) is 8.24. The summed E-state index contributed by atoms with van der Waals surface area (Å²) in [6.07, 6.45) is 7.46. The minimum Gasteiger partial charge on any atom is -0.463 e. The highest BCUT2D eigenvalue weighted by atomic mass is 16.6. The van der Waals surface area contributed by atoms with Crippen molar-refractivity contribution in [1.82, 2.24) is 0 Å². The molecular formula is C25H38O6. The lowest BCUT2D eigenvalue weighted by Gasteiger charge is -2.62. The van der Waals surface area contributed by atoms with Crippen molar-refractivity contribution in [3.8, 4) is 0 Å². The third-order valence-electron chi connectivity index (χ3n) is 9.32. The van der Waals surface area contributed by atoms with Gasteiger partial charge in [0.25, 0.3) is 0 Å². The summed E-state index contributed by atoms with van der Waals surface area (Å²) in [7, 11) is 0. The Morgan fingerprint density at radius 3 is 1.97 bits per heavy atom. The number of rotatable bonds is 3. The molecule has 0 aromatic carbocycles. The van der Waals surface area contributed by atoms with Gasteiger partial charge in [0.2, 0.25) is 0 Å². The van der Waals surface area contributed by atoms with Crippen molar-refractivity contribution in [3.63, 3.8) is 0 Å². The Labute approximate surface area is 185 Å². The molecule has 0 saturated heterocycles. The Hall–Kier alpha value is -1.59. The zero-order valence-electron chi connectivity index (χ0n) is 19.6. The second-order valence-corrected chi connectivity index (χ2v) is 11.2. The van der Waals surface area contributed by atoms with Gasteiger partial charge in [-0.3, -0.25) is 14.4 Å². The maximum absolute atomic E-state index is 12.0. The zero-order chi connectivity index (χ0) is 22.6. The molecule has 0 N–H and O–H groups in total. The second-order valence-electron chi connectivity index (χ2n) is 11.2. The van der Waals surface area contributed by atoms with Crippen LogP contribution in [0, 0.1) is 34.5 Å². The molecule has 0 bridgehead atoms. The van der Waals surface area contributed by atoms with Crippen LogP contribution < -0.4 is 0 Å². The van der Waals surface area contributed by atoms with Crippen LogP contribution >= 0.6 is 0 Å². The van der Waals surface area contributed by atoms with Crippen molar-refractivity contribution >= 4 is 17.9 Å². The standard InChI is InChI=1S/C25H38O6/c1-14(26)29-17-6-9-25(5)20-7-8-24(4)13-18(30-15(2)27)11-21(24)19(20)12-23(22(25)10-17)31-16(3)28/h17-23H,6-13H2,1-5H3/t17-,18-,19-,20+,21+,22-,23+,24-,25-/m1/s1. The predicted molar refractivity (Wildman–Crippen MR) is 114 cm³/mol. The summed E-state index contributed by atoms with van der Waals surface area (Å²) in [5, 5.41) is 0. The monoisotopic (exact) mass is 434 g/mol. The molecule has 0 radical (unpaired) electrons. The van der Waals surface area contributed by atoms with Crippen LogP contribution in [-0.2, 0) is 28.6 Å². The van der Waals surface area contributed by atoms with E-state index in [4.69, 9.17) is 14.2 Å². The van der Waals surface area contributed by atoms with Crippen LogP contribution in [0.25, 0.3) is 0 Å². The number of carbonyl (C=O) groups is 3. The maximum Gasteiger partial charge on any atom is 0.302 e. The van der Waals surface area contributed by atoms with Gasteiger partial charge in [-0.2, -0.15) is 0 Å². The smallest absolute Gasteiger partial charge is 0.302 e. The number of ether oxygens (including phenoxy) is 3. The molecule has 0 spiro atoms. The Morgan fingerprint density at radius 2 is 1.32 bits per heavy atom. The molecule has 4 saturated carbocycles. The van der Waals surface area contributed by atoms with Crippen LogP contribution in [0.5, 0.6) is 0 Å². The van der Waals surface area contributed by atoms with Gasteiger partial charge in [-0.15, -0.1) is 0 Å². The van der Waals surface area contributed by atoms with Crippen molar-refractivity contribution in [3.05, 3.63) is 0 Å².